The van der Waals surface area contributed by atoms with Crippen molar-refractivity contribution in [1.29, 1.82) is 0 Å². The average Bonchev–Trinajstić information content (AvgIpc) is 3.25. The van der Waals surface area contributed by atoms with Crippen LogP contribution in [0.3, 0.4) is 0 Å². The molecule has 1 heterocycles. The number of amides is 1. The highest BCUT2D eigenvalue weighted by Gasteiger charge is 2.16. The van der Waals surface area contributed by atoms with Crippen LogP contribution < -0.4 is 14.3 Å². The normalized spacial score (nSPS) is 11.7. The summed E-state index contributed by atoms with van der Waals surface area (Å²) in [5, 5.41) is 0. The Labute approximate surface area is 223 Å². The van der Waals surface area contributed by atoms with Crippen molar-refractivity contribution >= 4 is 49.1 Å². The first kappa shape index (κ1) is 26.7. The maximum atomic E-state index is 13.1. The standard InChI is InChI=1S/C27H23N3O6S2/c1-4-15-30-23-14-9-19(26(32)36-5-2)17-24(23)37-27(30)28-25(31)18-7-6-8-20(16-18)29-38(33,34)22-12-10-21(35-3)11-13-22/h1,6-14,16-17,29H,5,15H2,2-3H3. The van der Waals surface area contributed by atoms with E-state index in [0.717, 1.165) is 0 Å². The summed E-state index contributed by atoms with van der Waals surface area (Å²) in [6.07, 6.45) is 5.54. The van der Waals surface area contributed by atoms with Crippen molar-refractivity contribution in [3.8, 4) is 18.1 Å². The minimum atomic E-state index is -3.90. The molecule has 0 aliphatic rings. The minimum absolute atomic E-state index is 0.0440. The molecule has 0 fully saturated rings. The molecule has 11 heteroatoms. The van der Waals surface area contributed by atoms with Crippen molar-refractivity contribution in [2.75, 3.05) is 18.4 Å². The van der Waals surface area contributed by atoms with E-state index in [9.17, 15) is 18.0 Å². The first-order chi connectivity index (χ1) is 18.2. The molecule has 1 aromatic heterocycles. The Balaban J connectivity index is 1.66. The van der Waals surface area contributed by atoms with Gasteiger partial charge in [-0.25, -0.2) is 13.2 Å². The van der Waals surface area contributed by atoms with E-state index < -0.39 is 21.9 Å². The summed E-state index contributed by atoms with van der Waals surface area (Å²) in [5.74, 6) is 2.05. The van der Waals surface area contributed by atoms with Gasteiger partial charge in [-0.15, -0.1) is 6.42 Å². The second-order valence-electron chi connectivity index (χ2n) is 7.86. The predicted molar refractivity (Wildman–Crippen MR) is 145 cm³/mol. The number of sulfonamides is 1. The third-order valence-corrected chi connectivity index (χ3v) is 7.81. The summed E-state index contributed by atoms with van der Waals surface area (Å²) >= 11 is 1.20. The highest BCUT2D eigenvalue weighted by molar-refractivity contribution is 7.92. The number of fused-ring (bicyclic) bond motifs is 1. The van der Waals surface area contributed by atoms with Gasteiger partial charge in [-0.1, -0.05) is 23.3 Å². The lowest BCUT2D eigenvalue weighted by Gasteiger charge is -2.09. The number of carbonyl (C=O) groups excluding carboxylic acids is 2. The van der Waals surface area contributed by atoms with Gasteiger partial charge in [0.15, 0.2) is 4.80 Å². The first-order valence-corrected chi connectivity index (χ1v) is 13.7. The molecule has 0 bridgehead atoms. The number of rotatable bonds is 8. The van der Waals surface area contributed by atoms with Gasteiger partial charge in [0, 0.05) is 11.3 Å². The zero-order chi connectivity index (χ0) is 27.3. The molecular weight excluding hydrogens is 526 g/mol. The molecule has 38 heavy (non-hydrogen) atoms. The molecule has 0 aliphatic heterocycles. The van der Waals surface area contributed by atoms with E-state index >= 15 is 0 Å². The van der Waals surface area contributed by atoms with Crippen molar-refractivity contribution in [1.82, 2.24) is 4.57 Å². The van der Waals surface area contributed by atoms with E-state index in [1.165, 1.54) is 48.8 Å². The van der Waals surface area contributed by atoms with Crippen LogP contribution >= 0.6 is 11.3 Å². The molecule has 0 saturated heterocycles. The van der Waals surface area contributed by atoms with Crippen molar-refractivity contribution in [2.24, 2.45) is 4.99 Å². The van der Waals surface area contributed by atoms with Crippen LogP contribution in [0.2, 0.25) is 0 Å². The molecule has 0 atom stereocenters. The molecule has 9 nitrogen and oxygen atoms in total. The summed E-state index contributed by atoms with van der Waals surface area (Å²) < 4.78 is 40.6. The number of carbonyl (C=O) groups is 2. The van der Waals surface area contributed by atoms with E-state index in [2.05, 4.69) is 15.6 Å². The van der Waals surface area contributed by atoms with Gasteiger partial charge in [-0.3, -0.25) is 9.52 Å². The Morgan fingerprint density at radius 2 is 1.84 bits per heavy atom. The highest BCUT2D eigenvalue weighted by atomic mass is 32.2. The number of benzene rings is 3. The molecule has 4 rings (SSSR count). The number of nitrogens with zero attached hydrogens (tertiary/aromatic N) is 2. The van der Waals surface area contributed by atoms with Crippen LogP contribution in [-0.4, -0.2) is 38.6 Å². The first-order valence-electron chi connectivity index (χ1n) is 11.4. The van der Waals surface area contributed by atoms with Crippen LogP contribution in [0.5, 0.6) is 5.75 Å². The second kappa shape index (κ2) is 11.3. The lowest BCUT2D eigenvalue weighted by molar-refractivity contribution is 0.0526. The number of hydrogen-bond donors (Lipinski definition) is 1. The fraction of sp³-hybridized carbons (Fsp3) is 0.148. The topological polar surface area (TPSA) is 116 Å². The van der Waals surface area contributed by atoms with Gasteiger partial charge in [0.25, 0.3) is 15.9 Å². The zero-order valence-electron chi connectivity index (χ0n) is 20.5. The third kappa shape index (κ3) is 5.77. The van der Waals surface area contributed by atoms with Crippen LogP contribution in [0.4, 0.5) is 5.69 Å². The number of esters is 1. The lowest BCUT2D eigenvalue weighted by Crippen LogP contribution is -2.17. The molecule has 0 spiro atoms. The summed E-state index contributed by atoms with van der Waals surface area (Å²) in [5.41, 5.74) is 1.47. The Morgan fingerprint density at radius 3 is 2.53 bits per heavy atom. The van der Waals surface area contributed by atoms with E-state index in [1.807, 2.05) is 0 Å². The van der Waals surface area contributed by atoms with Crippen LogP contribution in [-0.2, 0) is 21.3 Å². The molecule has 1 N–H and O–H groups in total. The second-order valence-corrected chi connectivity index (χ2v) is 10.5. The van der Waals surface area contributed by atoms with E-state index in [1.54, 1.807) is 47.9 Å². The summed E-state index contributed by atoms with van der Waals surface area (Å²) in [7, 11) is -2.41. The molecule has 0 radical (unpaired) electrons. The van der Waals surface area contributed by atoms with Crippen LogP contribution in [0.15, 0.2) is 76.6 Å². The highest BCUT2D eigenvalue weighted by Crippen LogP contribution is 2.22. The molecular formula is C27H23N3O6S2. The Bertz CT molecular complexity index is 1730. The number of ether oxygens (including phenoxy) is 2. The van der Waals surface area contributed by atoms with Gasteiger partial charge in [0.1, 0.15) is 5.75 Å². The molecule has 194 valence electrons. The molecule has 1 amide bonds. The molecule has 0 saturated carbocycles. The molecule has 0 aliphatic carbocycles. The van der Waals surface area contributed by atoms with Gasteiger partial charge >= 0.3 is 5.97 Å². The number of methoxy groups -OCH3 is 1. The minimum Gasteiger partial charge on any atom is -0.497 e. The molecule has 4 aromatic rings. The van der Waals surface area contributed by atoms with E-state index in [0.29, 0.717) is 26.3 Å². The molecule has 3 aromatic carbocycles. The Hall–Kier alpha value is -4.40. The van der Waals surface area contributed by atoms with Crippen LogP contribution in [0.25, 0.3) is 10.2 Å². The van der Waals surface area contributed by atoms with Gasteiger partial charge in [0.2, 0.25) is 0 Å². The number of aromatic nitrogens is 1. The fourth-order valence-corrected chi connectivity index (χ4v) is 5.70. The van der Waals surface area contributed by atoms with E-state index in [-0.39, 0.29) is 29.3 Å². The van der Waals surface area contributed by atoms with Gasteiger partial charge in [-0.05, 0) is 67.6 Å². The summed E-state index contributed by atoms with van der Waals surface area (Å²) in [4.78, 5) is 29.8. The van der Waals surface area contributed by atoms with E-state index in [4.69, 9.17) is 15.9 Å². The monoisotopic (exact) mass is 549 g/mol. The van der Waals surface area contributed by atoms with Crippen LogP contribution in [0.1, 0.15) is 27.6 Å². The number of anilines is 1. The third-order valence-electron chi connectivity index (χ3n) is 5.37. The average molecular weight is 550 g/mol. The maximum Gasteiger partial charge on any atom is 0.338 e. The predicted octanol–water partition coefficient (Wildman–Crippen LogP) is 4.06. The number of thiazole rings is 1. The maximum absolute atomic E-state index is 13.1. The van der Waals surface area contributed by atoms with Gasteiger partial charge < -0.3 is 14.0 Å². The Kier molecular flexibility index (Phi) is 7.95. The van der Waals surface area contributed by atoms with Gasteiger partial charge in [-0.2, -0.15) is 4.99 Å². The number of nitrogens with one attached hydrogen (secondary N) is 1. The van der Waals surface area contributed by atoms with Gasteiger partial charge in [0.05, 0.1) is 40.9 Å². The smallest absolute Gasteiger partial charge is 0.338 e. The fourth-order valence-electron chi connectivity index (χ4n) is 3.58. The summed E-state index contributed by atoms with van der Waals surface area (Å²) in [6.45, 7) is 2.14. The van der Waals surface area contributed by atoms with Crippen molar-refractivity contribution < 1.29 is 27.5 Å². The largest absolute Gasteiger partial charge is 0.497 e. The number of hydrogen-bond acceptors (Lipinski definition) is 7. The Morgan fingerprint density at radius 1 is 1.08 bits per heavy atom. The van der Waals surface area contributed by atoms with Crippen molar-refractivity contribution in [3.63, 3.8) is 0 Å². The lowest BCUT2D eigenvalue weighted by atomic mass is 10.2. The van der Waals surface area contributed by atoms with Crippen LogP contribution in [0, 0.1) is 12.3 Å². The van der Waals surface area contributed by atoms with Crippen molar-refractivity contribution in [3.05, 3.63) is 82.7 Å². The van der Waals surface area contributed by atoms with Crippen molar-refractivity contribution in [2.45, 2.75) is 18.4 Å². The molecule has 0 unspecified atom stereocenters. The SMILES string of the molecule is C#CCn1c(=NC(=O)c2cccc(NS(=O)(=O)c3ccc(OC)cc3)c2)sc2cc(C(=O)OCC)ccc21. The quantitative estimate of drug-likeness (QED) is 0.262. The summed E-state index contributed by atoms with van der Waals surface area (Å²) in [6, 6.07) is 17.0. The zero-order valence-corrected chi connectivity index (χ0v) is 22.1. The number of terminal acetylenes is 1.